The van der Waals surface area contributed by atoms with Crippen molar-refractivity contribution in [1.29, 1.82) is 0 Å². The number of rotatable bonds is 6. The van der Waals surface area contributed by atoms with Crippen molar-refractivity contribution in [1.82, 2.24) is 9.97 Å². The molecule has 0 spiro atoms. The molecule has 0 aliphatic rings. The average molecular weight is 344 g/mol. The zero-order chi connectivity index (χ0) is 14.5. The summed E-state index contributed by atoms with van der Waals surface area (Å²) >= 11 is 3.21. The number of ether oxygens (including phenoxy) is 2. The zero-order valence-corrected chi connectivity index (χ0v) is 11.7. The van der Waals surface area contributed by atoms with Gasteiger partial charge in [-0.3, -0.25) is 0 Å². The molecule has 1 rings (SSSR count). The maximum Gasteiger partial charge on any atom is 0.411 e. The van der Waals surface area contributed by atoms with E-state index in [-0.39, 0.29) is 25.5 Å². The fourth-order valence-corrected chi connectivity index (χ4v) is 1.55. The summed E-state index contributed by atoms with van der Waals surface area (Å²) in [5, 5.41) is 0. The molecule has 1 aromatic heterocycles. The Hall–Kier alpha value is -0.930. The summed E-state index contributed by atoms with van der Waals surface area (Å²) < 4.78 is 45.5. The highest BCUT2D eigenvalue weighted by Crippen LogP contribution is 2.21. The van der Waals surface area contributed by atoms with Crippen molar-refractivity contribution in [3.8, 4) is 0 Å². The van der Waals surface area contributed by atoms with Crippen LogP contribution in [0.2, 0.25) is 0 Å². The van der Waals surface area contributed by atoms with Crippen LogP contribution in [0.15, 0.2) is 4.47 Å². The first-order chi connectivity index (χ1) is 8.83. The Labute approximate surface area is 116 Å². The predicted octanol–water partition coefficient (Wildman–Crippen LogP) is 2.09. The van der Waals surface area contributed by atoms with Crippen LogP contribution in [-0.2, 0) is 22.5 Å². The van der Waals surface area contributed by atoms with Crippen LogP contribution >= 0.6 is 15.9 Å². The Morgan fingerprint density at radius 3 is 2.58 bits per heavy atom. The average Bonchev–Trinajstić information content (AvgIpc) is 2.30. The Morgan fingerprint density at radius 1 is 1.32 bits per heavy atom. The van der Waals surface area contributed by atoms with E-state index in [9.17, 15) is 13.2 Å². The lowest BCUT2D eigenvalue weighted by Crippen LogP contribution is -2.18. The summed E-state index contributed by atoms with van der Waals surface area (Å²) in [6.45, 7) is -1.19. The third-order valence-electron chi connectivity index (χ3n) is 2.01. The predicted molar refractivity (Wildman–Crippen MR) is 65.4 cm³/mol. The van der Waals surface area contributed by atoms with E-state index in [4.69, 9.17) is 10.5 Å². The molecule has 0 bridgehead atoms. The topological polar surface area (TPSA) is 70.3 Å². The number of nitrogen functional groups attached to an aromatic ring is 1. The van der Waals surface area contributed by atoms with Crippen molar-refractivity contribution in [3.63, 3.8) is 0 Å². The van der Waals surface area contributed by atoms with Crippen molar-refractivity contribution < 1.29 is 22.6 Å². The Bertz CT molecular complexity index is 429. The summed E-state index contributed by atoms with van der Waals surface area (Å²) in [6, 6.07) is 0. The number of hydrogen-bond acceptors (Lipinski definition) is 5. The van der Waals surface area contributed by atoms with E-state index in [1.807, 2.05) is 0 Å². The summed E-state index contributed by atoms with van der Waals surface area (Å²) in [5.41, 5.74) is 6.19. The first kappa shape index (κ1) is 16.1. The molecule has 0 aliphatic heterocycles. The molecular formula is C10H13BrF3N3O2. The lowest BCUT2D eigenvalue weighted by Gasteiger charge is -2.09. The van der Waals surface area contributed by atoms with Gasteiger partial charge in [0.05, 0.1) is 23.4 Å². The fraction of sp³-hybridized carbons (Fsp3) is 0.600. The van der Waals surface area contributed by atoms with Gasteiger partial charge in [0.2, 0.25) is 0 Å². The van der Waals surface area contributed by atoms with Gasteiger partial charge >= 0.3 is 6.18 Å². The van der Waals surface area contributed by atoms with E-state index >= 15 is 0 Å². The summed E-state index contributed by atoms with van der Waals surface area (Å²) in [6.07, 6.45) is -4.19. The highest BCUT2D eigenvalue weighted by atomic mass is 79.9. The van der Waals surface area contributed by atoms with E-state index in [1.54, 1.807) is 0 Å². The second kappa shape index (κ2) is 7.01. The van der Waals surface area contributed by atoms with E-state index in [1.165, 1.54) is 7.11 Å². The fourth-order valence-electron chi connectivity index (χ4n) is 1.26. The van der Waals surface area contributed by atoms with Gasteiger partial charge < -0.3 is 15.2 Å². The molecule has 2 N–H and O–H groups in total. The molecule has 0 saturated heterocycles. The summed E-state index contributed by atoms with van der Waals surface area (Å²) in [4.78, 5) is 8.09. The quantitative estimate of drug-likeness (QED) is 0.801. The largest absolute Gasteiger partial charge is 0.411 e. The van der Waals surface area contributed by atoms with Crippen molar-refractivity contribution in [2.75, 3.05) is 26.1 Å². The molecule has 0 atom stereocenters. The molecule has 5 nitrogen and oxygen atoms in total. The van der Waals surface area contributed by atoms with Gasteiger partial charge in [0, 0.05) is 13.5 Å². The number of nitrogens with zero attached hydrogens (tertiary/aromatic N) is 2. The van der Waals surface area contributed by atoms with Gasteiger partial charge in [-0.15, -0.1) is 0 Å². The number of aromatic nitrogens is 2. The van der Waals surface area contributed by atoms with Crippen LogP contribution in [-0.4, -0.2) is 36.5 Å². The molecule has 0 amide bonds. The van der Waals surface area contributed by atoms with Crippen molar-refractivity contribution in [2.24, 2.45) is 0 Å². The number of halogens is 4. The third kappa shape index (κ3) is 5.70. The molecule has 19 heavy (non-hydrogen) atoms. The molecule has 0 aliphatic carbocycles. The molecule has 0 aromatic carbocycles. The van der Waals surface area contributed by atoms with Gasteiger partial charge in [-0.1, -0.05) is 0 Å². The first-order valence-corrected chi connectivity index (χ1v) is 6.07. The van der Waals surface area contributed by atoms with Gasteiger partial charge in [-0.2, -0.15) is 13.2 Å². The normalized spacial score (nSPS) is 11.8. The number of methoxy groups -OCH3 is 1. The Kier molecular flexibility index (Phi) is 5.95. The zero-order valence-electron chi connectivity index (χ0n) is 10.1. The summed E-state index contributed by atoms with van der Waals surface area (Å²) in [7, 11) is 1.50. The maximum absolute atomic E-state index is 11.9. The molecule has 1 heterocycles. The second-order valence-corrected chi connectivity index (χ2v) is 4.43. The number of nitrogens with two attached hydrogens (primary N) is 1. The minimum Gasteiger partial charge on any atom is -0.383 e. The lowest BCUT2D eigenvalue weighted by molar-refractivity contribution is -0.173. The smallest absolute Gasteiger partial charge is 0.383 e. The monoisotopic (exact) mass is 343 g/mol. The standard InChI is InChI=1S/C10H13BrF3N3O2/c1-18-4-6-8(11)9(15)17-7(16-6)2-3-19-5-10(12,13)14/h2-5H2,1H3,(H2,15,16,17). The molecular weight excluding hydrogens is 331 g/mol. The minimum absolute atomic E-state index is 0.132. The first-order valence-electron chi connectivity index (χ1n) is 5.27. The number of anilines is 1. The van der Waals surface area contributed by atoms with Crippen LogP contribution in [0.1, 0.15) is 11.5 Å². The molecule has 108 valence electrons. The highest BCUT2D eigenvalue weighted by molar-refractivity contribution is 9.10. The van der Waals surface area contributed by atoms with Crippen LogP contribution in [0.5, 0.6) is 0 Å². The molecule has 0 saturated carbocycles. The molecule has 9 heteroatoms. The molecule has 1 aromatic rings. The van der Waals surface area contributed by atoms with Crippen molar-refractivity contribution >= 4 is 21.7 Å². The lowest BCUT2D eigenvalue weighted by atomic mass is 10.3. The molecule has 0 radical (unpaired) electrons. The van der Waals surface area contributed by atoms with E-state index < -0.39 is 12.8 Å². The van der Waals surface area contributed by atoms with Crippen LogP contribution in [0.4, 0.5) is 19.0 Å². The SMILES string of the molecule is COCc1nc(CCOCC(F)(F)F)nc(N)c1Br. The number of alkyl halides is 3. The van der Waals surface area contributed by atoms with E-state index in [0.717, 1.165) is 0 Å². The minimum atomic E-state index is -4.33. The van der Waals surface area contributed by atoms with Gasteiger partial charge in [0.25, 0.3) is 0 Å². The Balaban J connectivity index is 2.59. The van der Waals surface area contributed by atoms with Gasteiger partial charge in [-0.05, 0) is 15.9 Å². The second-order valence-electron chi connectivity index (χ2n) is 3.64. The van der Waals surface area contributed by atoms with Gasteiger partial charge in [0.1, 0.15) is 18.2 Å². The highest BCUT2D eigenvalue weighted by Gasteiger charge is 2.27. The summed E-state index contributed by atoms with van der Waals surface area (Å²) in [5.74, 6) is 0.530. The van der Waals surface area contributed by atoms with Crippen LogP contribution in [0.25, 0.3) is 0 Å². The molecule has 0 unspecified atom stereocenters. The van der Waals surface area contributed by atoms with Crippen molar-refractivity contribution in [3.05, 3.63) is 16.0 Å². The third-order valence-corrected chi connectivity index (χ3v) is 2.87. The number of hydrogen-bond donors (Lipinski definition) is 1. The van der Waals surface area contributed by atoms with Crippen LogP contribution < -0.4 is 5.73 Å². The van der Waals surface area contributed by atoms with E-state index in [2.05, 4.69) is 30.6 Å². The van der Waals surface area contributed by atoms with Crippen molar-refractivity contribution in [2.45, 2.75) is 19.2 Å². The maximum atomic E-state index is 11.9. The Morgan fingerprint density at radius 2 is 2.00 bits per heavy atom. The molecule has 0 fully saturated rings. The van der Waals surface area contributed by atoms with Crippen LogP contribution in [0.3, 0.4) is 0 Å². The van der Waals surface area contributed by atoms with E-state index in [0.29, 0.717) is 16.0 Å². The van der Waals surface area contributed by atoms with Gasteiger partial charge in [0.15, 0.2) is 0 Å². The van der Waals surface area contributed by atoms with Gasteiger partial charge in [-0.25, -0.2) is 9.97 Å². The van der Waals surface area contributed by atoms with Crippen LogP contribution in [0, 0.1) is 0 Å².